The zero-order valence-corrected chi connectivity index (χ0v) is 13.1. The lowest BCUT2D eigenvalue weighted by atomic mass is 9.93. The van der Waals surface area contributed by atoms with Crippen LogP contribution in [0.4, 0.5) is 0 Å². The molecule has 1 atom stereocenters. The minimum Gasteiger partial charge on any atom is -0.496 e. The van der Waals surface area contributed by atoms with E-state index in [1.54, 1.807) is 7.11 Å². The van der Waals surface area contributed by atoms with Crippen molar-refractivity contribution in [1.29, 1.82) is 0 Å². The smallest absolute Gasteiger partial charge is 0.126 e. The normalized spacial score (nSPS) is 19.9. The van der Waals surface area contributed by atoms with Crippen LogP contribution in [-0.4, -0.2) is 19.7 Å². The lowest BCUT2D eigenvalue weighted by Gasteiger charge is -2.25. The van der Waals surface area contributed by atoms with Crippen molar-refractivity contribution >= 4 is 15.9 Å². The summed E-state index contributed by atoms with van der Waals surface area (Å²) in [5.74, 6) is 1.05. The summed E-state index contributed by atoms with van der Waals surface area (Å²) in [6.07, 6.45) is 5.00. The Bertz CT molecular complexity index is 425. The van der Waals surface area contributed by atoms with Crippen LogP contribution in [0, 0.1) is 13.8 Å². The van der Waals surface area contributed by atoms with E-state index in [-0.39, 0.29) is 0 Å². The Labute approximate surface area is 118 Å². The number of hydrogen-bond acceptors (Lipinski definition) is 2. The van der Waals surface area contributed by atoms with Crippen molar-refractivity contribution in [3.8, 4) is 5.75 Å². The van der Waals surface area contributed by atoms with Gasteiger partial charge in [0.2, 0.25) is 0 Å². The Balaban J connectivity index is 2.28. The molecule has 1 aromatic carbocycles. The van der Waals surface area contributed by atoms with E-state index in [1.165, 1.54) is 36.0 Å². The van der Waals surface area contributed by atoms with Crippen LogP contribution in [0.2, 0.25) is 0 Å². The fraction of sp³-hybridized carbons (Fsp3) is 0.600. The number of rotatable bonds is 3. The molecular formula is C15H22BrNO. The highest BCUT2D eigenvalue weighted by atomic mass is 79.9. The number of methoxy groups -OCH3 is 1. The minimum absolute atomic E-state index is 0.604. The second kappa shape index (κ2) is 6.07. The molecule has 1 unspecified atom stereocenters. The third kappa shape index (κ3) is 2.89. The Kier molecular flexibility index (Phi) is 4.68. The van der Waals surface area contributed by atoms with Gasteiger partial charge in [-0.05, 0) is 56.8 Å². The van der Waals surface area contributed by atoms with Crippen LogP contribution >= 0.6 is 15.9 Å². The van der Waals surface area contributed by atoms with Gasteiger partial charge in [-0.15, -0.1) is 0 Å². The molecule has 0 spiro atoms. The maximum absolute atomic E-state index is 5.62. The first-order valence-corrected chi connectivity index (χ1v) is 7.48. The van der Waals surface area contributed by atoms with Crippen molar-refractivity contribution in [2.75, 3.05) is 13.7 Å². The molecule has 2 rings (SSSR count). The molecule has 1 fully saturated rings. The van der Waals surface area contributed by atoms with Gasteiger partial charge in [-0.1, -0.05) is 22.4 Å². The van der Waals surface area contributed by atoms with E-state index in [2.05, 4.69) is 41.2 Å². The van der Waals surface area contributed by atoms with Crippen molar-refractivity contribution in [1.82, 2.24) is 5.32 Å². The maximum Gasteiger partial charge on any atom is 0.126 e. The summed E-state index contributed by atoms with van der Waals surface area (Å²) in [5.41, 5.74) is 3.88. The molecule has 100 valence electrons. The van der Waals surface area contributed by atoms with E-state index in [4.69, 9.17) is 4.74 Å². The summed E-state index contributed by atoms with van der Waals surface area (Å²) in [7, 11) is 1.77. The van der Waals surface area contributed by atoms with Crippen LogP contribution < -0.4 is 10.1 Å². The first-order chi connectivity index (χ1) is 8.63. The van der Waals surface area contributed by atoms with Gasteiger partial charge in [0.15, 0.2) is 0 Å². The summed E-state index contributed by atoms with van der Waals surface area (Å²) < 4.78 is 6.76. The quantitative estimate of drug-likeness (QED) is 0.917. The van der Waals surface area contributed by atoms with Gasteiger partial charge in [0, 0.05) is 16.1 Å². The van der Waals surface area contributed by atoms with Gasteiger partial charge in [-0.3, -0.25) is 0 Å². The standard InChI is InChI=1S/C15H22BrNO/c1-10-8-14(16)11(2)15(18-3)13(10)9-12-6-4-5-7-17-12/h8,12,17H,4-7,9H2,1-3H3. The van der Waals surface area contributed by atoms with Crippen LogP contribution in [0.3, 0.4) is 0 Å². The van der Waals surface area contributed by atoms with E-state index in [0.717, 1.165) is 23.2 Å². The van der Waals surface area contributed by atoms with Gasteiger partial charge in [0.25, 0.3) is 0 Å². The highest BCUT2D eigenvalue weighted by molar-refractivity contribution is 9.10. The number of piperidine rings is 1. The lowest BCUT2D eigenvalue weighted by Crippen LogP contribution is -2.35. The molecular weight excluding hydrogens is 290 g/mol. The molecule has 1 aromatic rings. The number of ether oxygens (including phenoxy) is 1. The van der Waals surface area contributed by atoms with Gasteiger partial charge < -0.3 is 10.1 Å². The third-order valence-electron chi connectivity index (χ3n) is 3.86. The SMILES string of the molecule is COc1c(C)c(Br)cc(C)c1CC1CCCCN1. The van der Waals surface area contributed by atoms with Gasteiger partial charge in [-0.2, -0.15) is 0 Å². The molecule has 1 heterocycles. The second-order valence-electron chi connectivity index (χ2n) is 5.16. The zero-order chi connectivity index (χ0) is 13.1. The number of halogens is 1. The van der Waals surface area contributed by atoms with Crippen LogP contribution in [0.25, 0.3) is 0 Å². The molecule has 18 heavy (non-hydrogen) atoms. The molecule has 0 aliphatic carbocycles. The molecule has 0 amide bonds. The molecule has 1 aliphatic heterocycles. The number of benzene rings is 1. The van der Waals surface area contributed by atoms with E-state index < -0.39 is 0 Å². The first-order valence-electron chi connectivity index (χ1n) is 6.69. The van der Waals surface area contributed by atoms with E-state index in [1.807, 2.05) is 0 Å². The second-order valence-corrected chi connectivity index (χ2v) is 6.02. The molecule has 0 saturated carbocycles. The molecule has 1 N–H and O–H groups in total. The predicted octanol–water partition coefficient (Wildman–Crippen LogP) is 3.76. The lowest BCUT2D eigenvalue weighted by molar-refractivity contribution is 0.379. The van der Waals surface area contributed by atoms with Crippen LogP contribution in [0.5, 0.6) is 5.75 Å². The maximum atomic E-state index is 5.62. The highest BCUT2D eigenvalue weighted by Gasteiger charge is 2.19. The third-order valence-corrected chi connectivity index (χ3v) is 4.68. The van der Waals surface area contributed by atoms with Crippen molar-refractivity contribution in [3.63, 3.8) is 0 Å². The topological polar surface area (TPSA) is 21.3 Å². The first kappa shape index (κ1) is 13.9. The molecule has 0 radical (unpaired) electrons. The fourth-order valence-corrected chi connectivity index (χ4v) is 3.30. The molecule has 1 saturated heterocycles. The minimum atomic E-state index is 0.604. The molecule has 3 heteroatoms. The average molecular weight is 312 g/mol. The summed E-state index contributed by atoms with van der Waals surface area (Å²) in [6, 6.07) is 2.81. The predicted molar refractivity (Wildman–Crippen MR) is 79.5 cm³/mol. The molecule has 0 aromatic heterocycles. The Hall–Kier alpha value is -0.540. The van der Waals surface area contributed by atoms with Crippen LogP contribution in [0.1, 0.15) is 36.0 Å². The Morgan fingerprint density at radius 1 is 1.39 bits per heavy atom. The van der Waals surface area contributed by atoms with Gasteiger partial charge >= 0.3 is 0 Å². The van der Waals surface area contributed by atoms with E-state index in [9.17, 15) is 0 Å². The highest BCUT2D eigenvalue weighted by Crippen LogP contribution is 2.34. The van der Waals surface area contributed by atoms with Crippen molar-refractivity contribution < 1.29 is 4.74 Å². The monoisotopic (exact) mass is 311 g/mol. The zero-order valence-electron chi connectivity index (χ0n) is 11.5. The van der Waals surface area contributed by atoms with Gasteiger partial charge in [0.1, 0.15) is 5.75 Å². The fourth-order valence-electron chi connectivity index (χ4n) is 2.77. The van der Waals surface area contributed by atoms with Crippen molar-refractivity contribution in [3.05, 3.63) is 27.2 Å². The van der Waals surface area contributed by atoms with Gasteiger partial charge in [-0.25, -0.2) is 0 Å². The van der Waals surface area contributed by atoms with Crippen molar-refractivity contribution in [2.24, 2.45) is 0 Å². The largest absolute Gasteiger partial charge is 0.496 e. The molecule has 2 nitrogen and oxygen atoms in total. The Morgan fingerprint density at radius 2 is 2.17 bits per heavy atom. The number of hydrogen-bond donors (Lipinski definition) is 1. The van der Waals surface area contributed by atoms with Crippen LogP contribution in [0.15, 0.2) is 10.5 Å². The Morgan fingerprint density at radius 3 is 2.78 bits per heavy atom. The summed E-state index contributed by atoms with van der Waals surface area (Å²) in [4.78, 5) is 0. The summed E-state index contributed by atoms with van der Waals surface area (Å²) in [6.45, 7) is 5.44. The number of nitrogens with one attached hydrogen (secondary N) is 1. The molecule has 0 bridgehead atoms. The summed E-state index contributed by atoms with van der Waals surface area (Å²) >= 11 is 3.60. The van der Waals surface area contributed by atoms with E-state index in [0.29, 0.717) is 6.04 Å². The van der Waals surface area contributed by atoms with E-state index >= 15 is 0 Å². The average Bonchev–Trinajstić information content (AvgIpc) is 2.37. The summed E-state index contributed by atoms with van der Waals surface area (Å²) in [5, 5.41) is 3.61. The molecule has 1 aliphatic rings. The number of aryl methyl sites for hydroxylation is 1. The van der Waals surface area contributed by atoms with Crippen molar-refractivity contribution in [2.45, 2.75) is 45.6 Å². The van der Waals surface area contributed by atoms with Gasteiger partial charge in [0.05, 0.1) is 7.11 Å². The van der Waals surface area contributed by atoms with Crippen LogP contribution in [-0.2, 0) is 6.42 Å².